The van der Waals surface area contributed by atoms with E-state index < -0.39 is 0 Å². The van der Waals surface area contributed by atoms with E-state index in [0.29, 0.717) is 12.0 Å². The average Bonchev–Trinajstić information content (AvgIpc) is 2.40. The van der Waals surface area contributed by atoms with Crippen LogP contribution in [0.1, 0.15) is 46.5 Å². The maximum atomic E-state index is 12.3. The van der Waals surface area contributed by atoms with Gasteiger partial charge in [-0.2, -0.15) is 0 Å². The fraction of sp³-hybridized carbons (Fsp3) is 0.938. The molecule has 2 aliphatic heterocycles. The third-order valence-corrected chi connectivity index (χ3v) is 4.48. The number of rotatable bonds is 3. The Labute approximate surface area is 123 Å². The van der Waals surface area contributed by atoms with Crippen LogP contribution in [0.3, 0.4) is 0 Å². The number of carbonyl (C=O) groups excluding carboxylic acids is 1. The summed E-state index contributed by atoms with van der Waals surface area (Å²) in [6.45, 7) is 12.1. The highest BCUT2D eigenvalue weighted by atomic mass is 16.2. The second-order valence-corrected chi connectivity index (χ2v) is 7.11. The first-order chi connectivity index (χ1) is 9.54. The van der Waals surface area contributed by atoms with Crippen LogP contribution in [0, 0.1) is 11.8 Å². The molecule has 1 N–H and O–H groups in total. The number of urea groups is 1. The largest absolute Gasteiger partial charge is 0.335 e. The zero-order valence-corrected chi connectivity index (χ0v) is 13.4. The lowest BCUT2D eigenvalue weighted by atomic mass is 10.0. The number of amides is 2. The van der Waals surface area contributed by atoms with Crippen LogP contribution in [-0.2, 0) is 0 Å². The number of hydrogen-bond acceptors (Lipinski definition) is 2. The van der Waals surface area contributed by atoms with Crippen molar-refractivity contribution in [2.75, 3.05) is 32.7 Å². The lowest BCUT2D eigenvalue weighted by Gasteiger charge is -2.36. The molecular formula is C16H31N3O. The van der Waals surface area contributed by atoms with E-state index in [4.69, 9.17) is 0 Å². The van der Waals surface area contributed by atoms with E-state index in [0.717, 1.165) is 51.4 Å². The van der Waals surface area contributed by atoms with Gasteiger partial charge in [-0.3, -0.25) is 0 Å². The zero-order chi connectivity index (χ0) is 14.5. The highest BCUT2D eigenvalue weighted by Crippen LogP contribution is 2.17. The molecule has 2 fully saturated rings. The van der Waals surface area contributed by atoms with Crippen molar-refractivity contribution in [3.63, 3.8) is 0 Å². The Morgan fingerprint density at radius 3 is 2.50 bits per heavy atom. The third-order valence-electron chi connectivity index (χ3n) is 4.48. The Morgan fingerprint density at radius 1 is 1.20 bits per heavy atom. The van der Waals surface area contributed by atoms with Gasteiger partial charge in [-0.25, -0.2) is 4.79 Å². The quantitative estimate of drug-likeness (QED) is 0.863. The number of carbonyl (C=O) groups is 1. The topological polar surface area (TPSA) is 35.6 Å². The van der Waals surface area contributed by atoms with Gasteiger partial charge in [0.1, 0.15) is 0 Å². The number of likely N-dealkylation sites (tertiary alicyclic amines) is 2. The van der Waals surface area contributed by atoms with Crippen LogP contribution in [0.25, 0.3) is 0 Å². The standard InChI is InChI=1S/C16H31N3O/c1-13(2)11-18-9-6-15(7-10-18)17-16(20)19-8-4-5-14(3)12-19/h13-15H,4-12H2,1-3H3,(H,17,20)/t14-/m0/s1. The van der Waals surface area contributed by atoms with Crippen molar-refractivity contribution in [1.82, 2.24) is 15.1 Å². The molecule has 0 aromatic heterocycles. The summed E-state index contributed by atoms with van der Waals surface area (Å²) in [6.07, 6.45) is 4.61. The van der Waals surface area contributed by atoms with Crippen LogP contribution in [0.15, 0.2) is 0 Å². The molecular weight excluding hydrogens is 250 g/mol. The zero-order valence-electron chi connectivity index (χ0n) is 13.4. The first-order valence-electron chi connectivity index (χ1n) is 8.32. The minimum absolute atomic E-state index is 0.166. The van der Waals surface area contributed by atoms with Crippen LogP contribution >= 0.6 is 0 Å². The molecule has 2 saturated heterocycles. The van der Waals surface area contributed by atoms with Gasteiger partial charge in [0, 0.05) is 38.8 Å². The number of piperidine rings is 2. The van der Waals surface area contributed by atoms with Crippen LogP contribution in [-0.4, -0.2) is 54.6 Å². The second kappa shape index (κ2) is 7.30. The van der Waals surface area contributed by atoms with Crippen molar-refractivity contribution < 1.29 is 4.79 Å². The predicted molar refractivity (Wildman–Crippen MR) is 82.8 cm³/mol. The van der Waals surface area contributed by atoms with Crippen LogP contribution in [0.4, 0.5) is 4.79 Å². The highest BCUT2D eigenvalue weighted by molar-refractivity contribution is 5.74. The summed E-state index contributed by atoms with van der Waals surface area (Å²) in [5.41, 5.74) is 0. The molecule has 1 atom stereocenters. The van der Waals surface area contributed by atoms with E-state index in [1.807, 2.05) is 4.90 Å². The van der Waals surface area contributed by atoms with Gasteiger partial charge in [0.05, 0.1) is 0 Å². The fourth-order valence-corrected chi connectivity index (χ4v) is 3.42. The molecule has 0 spiro atoms. The van der Waals surface area contributed by atoms with E-state index in [9.17, 15) is 4.79 Å². The Bertz CT molecular complexity index is 311. The lowest BCUT2D eigenvalue weighted by molar-refractivity contribution is 0.150. The summed E-state index contributed by atoms with van der Waals surface area (Å²) in [7, 11) is 0. The fourth-order valence-electron chi connectivity index (χ4n) is 3.42. The minimum Gasteiger partial charge on any atom is -0.335 e. The van der Waals surface area contributed by atoms with E-state index in [1.54, 1.807) is 0 Å². The second-order valence-electron chi connectivity index (χ2n) is 7.11. The van der Waals surface area contributed by atoms with Crippen molar-refractivity contribution in [2.45, 2.75) is 52.5 Å². The third kappa shape index (κ3) is 4.65. The van der Waals surface area contributed by atoms with Crippen molar-refractivity contribution in [2.24, 2.45) is 11.8 Å². The van der Waals surface area contributed by atoms with Gasteiger partial charge in [-0.15, -0.1) is 0 Å². The van der Waals surface area contributed by atoms with E-state index in [1.165, 1.54) is 13.0 Å². The molecule has 0 aromatic rings. The van der Waals surface area contributed by atoms with E-state index in [-0.39, 0.29) is 6.03 Å². The number of nitrogens with one attached hydrogen (secondary N) is 1. The maximum absolute atomic E-state index is 12.3. The molecule has 0 saturated carbocycles. The molecule has 2 aliphatic rings. The minimum atomic E-state index is 0.166. The number of nitrogens with zero attached hydrogens (tertiary/aromatic N) is 2. The first kappa shape index (κ1) is 15.6. The average molecular weight is 281 g/mol. The Kier molecular flexibility index (Phi) is 5.70. The molecule has 4 heteroatoms. The van der Waals surface area contributed by atoms with Gasteiger partial charge in [-0.05, 0) is 37.5 Å². The van der Waals surface area contributed by atoms with Crippen molar-refractivity contribution in [3.8, 4) is 0 Å². The van der Waals surface area contributed by atoms with Crippen molar-refractivity contribution in [3.05, 3.63) is 0 Å². The summed E-state index contributed by atoms with van der Waals surface area (Å²) in [5, 5.41) is 3.24. The Hall–Kier alpha value is -0.770. The van der Waals surface area contributed by atoms with Crippen molar-refractivity contribution in [1.29, 1.82) is 0 Å². The maximum Gasteiger partial charge on any atom is 0.317 e. The summed E-state index contributed by atoms with van der Waals surface area (Å²) in [5.74, 6) is 1.39. The normalized spacial score (nSPS) is 26.0. The summed E-state index contributed by atoms with van der Waals surface area (Å²) in [6, 6.07) is 0.544. The molecule has 2 rings (SSSR count). The smallest absolute Gasteiger partial charge is 0.317 e. The van der Waals surface area contributed by atoms with Gasteiger partial charge in [0.15, 0.2) is 0 Å². The molecule has 0 bridgehead atoms. The molecule has 0 aromatic carbocycles. The van der Waals surface area contributed by atoms with Crippen molar-refractivity contribution >= 4 is 6.03 Å². The summed E-state index contributed by atoms with van der Waals surface area (Å²) >= 11 is 0. The molecule has 0 radical (unpaired) electrons. The van der Waals surface area contributed by atoms with Gasteiger partial charge < -0.3 is 15.1 Å². The summed E-state index contributed by atoms with van der Waals surface area (Å²) < 4.78 is 0. The number of hydrogen-bond donors (Lipinski definition) is 1. The SMILES string of the molecule is CC(C)CN1CCC(NC(=O)N2CCC[C@H](C)C2)CC1. The lowest BCUT2D eigenvalue weighted by Crippen LogP contribution is -2.51. The Balaban J connectivity index is 1.70. The molecule has 2 amide bonds. The van der Waals surface area contributed by atoms with E-state index in [2.05, 4.69) is 31.0 Å². The van der Waals surface area contributed by atoms with Crippen LogP contribution in [0.2, 0.25) is 0 Å². The highest BCUT2D eigenvalue weighted by Gasteiger charge is 2.25. The predicted octanol–water partition coefficient (Wildman–Crippen LogP) is 2.55. The first-order valence-corrected chi connectivity index (χ1v) is 8.32. The molecule has 116 valence electrons. The van der Waals surface area contributed by atoms with Crippen LogP contribution < -0.4 is 5.32 Å². The van der Waals surface area contributed by atoms with Crippen LogP contribution in [0.5, 0.6) is 0 Å². The molecule has 0 unspecified atom stereocenters. The van der Waals surface area contributed by atoms with Gasteiger partial charge in [0.2, 0.25) is 0 Å². The monoisotopic (exact) mass is 281 g/mol. The Morgan fingerprint density at radius 2 is 1.90 bits per heavy atom. The molecule has 0 aliphatic carbocycles. The molecule has 4 nitrogen and oxygen atoms in total. The molecule has 20 heavy (non-hydrogen) atoms. The van der Waals surface area contributed by atoms with E-state index >= 15 is 0 Å². The van der Waals surface area contributed by atoms with Gasteiger partial charge >= 0.3 is 6.03 Å². The van der Waals surface area contributed by atoms with Gasteiger partial charge in [0.25, 0.3) is 0 Å². The van der Waals surface area contributed by atoms with Gasteiger partial charge in [-0.1, -0.05) is 20.8 Å². The molecule has 2 heterocycles. The summed E-state index contributed by atoms with van der Waals surface area (Å²) in [4.78, 5) is 16.8.